The summed E-state index contributed by atoms with van der Waals surface area (Å²) in [6, 6.07) is 14.2. The third kappa shape index (κ3) is 5.81. The number of hydrogen-bond acceptors (Lipinski definition) is 6. The van der Waals surface area contributed by atoms with E-state index in [4.69, 9.17) is 9.47 Å². The van der Waals surface area contributed by atoms with Crippen molar-refractivity contribution in [2.75, 3.05) is 56.7 Å². The van der Waals surface area contributed by atoms with Gasteiger partial charge in [-0.3, -0.25) is 14.4 Å². The predicted octanol–water partition coefficient (Wildman–Crippen LogP) is 1.81. The number of morpholine rings is 1. The number of carbonyl (C=O) groups excluding carboxylic acids is 3. The van der Waals surface area contributed by atoms with Crippen molar-refractivity contribution in [3.8, 4) is 5.75 Å². The molecule has 2 amide bonds. The summed E-state index contributed by atoms with van der Waals surface area (Å²) in [7, 11) is 1.53. The second-order valence-corrected chi connectivity index (χ2v) is 6.89. The number of para-hydroxylation sites is 1. The van der Waals surface area contributed by atoms with Gasteiger partial charge in [-0.1, -0.05) is 12.1 Å². The van der Waals surface area contributed by atoms with Gasteiger partial charge in [-0.2, -0.15) is 0 Å². The minimum atomic E-state index is -0.367. The lowest BCUT2D eigenvalue weighted by molar-refractivity contribution is -0.135. The van der Waals surface area contributed by atoms with E-state index in [9.17, 15) is 14.4 Å². The number of carbonyl (C=O) groups is 3. The van der Waals surface area contributed by atoms with Crippen LogP contribution in [-0.4, -0.2) is 69.5 Å². The molecule has 0 bridgehead atoms. The summed E-state index contributed by atoms with van der Waals surface area (Å²) >= 11 is 0. The molecule has 8 heteroatoms. The van der Waals surface area contributed by atoms with Crippen molar-refractivity contribution in [3.05, 3.63) is 54.1 Å². The van der Waals surface area contributed by atoms with E-state index >= 15 is 0 Å². The van der Waals surface area contributed by atoms with Gasteiger partial charge in [-0.25, -0.2) is 0 Å². The molecule has 0 atom stereocenters. The maximum Gasteiger partial charge on any atom is 0.260 e. The molecule has 0 aromatic heterocycles. The molecular weight excluding hydrogens is 386 g/mol. The standard InChI is InChI=1S/C22H25N3O5/c1-24(22(28)16-30-20-5-3-2-4-17(20)15-26)14-21(27)23-18-6-8-19(9-7-18)25-10-12-29-13-11-25/h2-9,15H,10-14,16H2,1H3,(H,23,27). The third-order valence-corrected chi connectivity index (χ3v) is 4.73. The van der Waals surface area contributed by atoms with Crippen LogP contribution in [-0.2, 0) is 14.3 Å². The highest BCUT2D eigenvalue weighted by molar-refractivity contribution is 5.94. The number of aldehydes is 1. The van der Waals surface area contributed by atoms with E-state index in [1.54, 1.807) is 24.3 Å². The Morgan fingerprint density at radius 2 is 1.83 bits per heavy atom. The largest absolute Gasteiger partial charge is 0.483 e. The Bertz CT molecular complexity index is 879. The van der Waals surface area contributed by atoms with Crippen molar-refractivity contribution in [3.63, 3.8) is 0 Å². The molecular formula is C22H25N3O5. The zero-order chi connectivity index (χ0) is 21.3. The van der Waals surface area contributed by atoms with Crippen molar-refractivity contribution in [1.29, 1.82) is 0 Å². The van der Waals surface area contributed by atoms with Crippen LogP contribution in [0.25, 0.3) is 0 Å². The van der Waals surface area contributed by atoms with E-state index in [0.29, 0.717) is 36.5 Å². The van der Waals surface area contributed by atoms with Gasteiger partial charge in [0.25, 0.3) is 5.91 Å². The van der Waals surface area contributed by atoms with Gasteiger partial charge in [0.1, 0.15) is 5.75 Å². The molecule has 2 aromatic carbocycles. The Morgan fingerprint density at radius 3 is 2.53 bits per heavy atom. The molecule has 1 aliphatic heterocycles. The normalized spacial score (nSPS) is 13.4. The molecule has 2 aromatic rings. The van der Waals surface area contributed by atoms with Crippen molar-refractivity contribution in [2.45, 2.75) is 0 Å². The summed E-state index contributed by atoms with van der Waals surface area (Å²) in [6.45, 7) is 2.74. The summed E-state index contributed by atoms with van der Waals surface area (Å²) in [5.74, 6) is -0.342. The number of anilines is 2. The van der Waals surface area contributed by atoms with Crippen LogP contribution in [0.3, 0.4) is 0 Å². The van der Waals surface area contributed by atoms with Crippen LogP contribution in [0, 0.1) is 0 Å². The average Bonchev–Trinajstić information content (AvgIpc) is 2.78. The minimum absolute atomic E-state index is 0.108. The summed E-state index contributed by atoms with van der Waals surface area (Å²) in [6.07, 6.45) is 0.668. The number of benzene rings is 2. The van der Waals surface area contributed by atoms with Gasteiger partial charge in [0.15, 0.2) is 12.9 Å². The molecule has 1 heterocycles. The number of likely N-dealkylation sites (N-methyl/N-ethyl adjacent to an activating group) is 1. The number of rotatable bonds is 8. The molecule has 1 aliphatic rings. The van der Waals surface area contributed by atoms with Crippen LogP contribution in [0.15, 0.2) is 48.5 Å². The highest BCUT2D eigenvalue weighted by Gasteiger charge is 2.15. The molecule has 1 fully saturated rings. The molecule has 0 spiro atoms. The number of nitrogens with zero attached hydrogens (tertiary/aromatic N) is 2. The van der Waals surface area contributed by atoms with Crippen LogP contribution >= 0.6 is 0 Å². The molecule has 0 unspecified atom stereocenters. The van der Waals surface area contributed by atoms with Crippen LogP contribution in [0.5, 0.6) is 5.75 Å². The van der Waals surface area contributed by atoms with Crippen molar-refractivity contribution in [1.82, 2.24) is 4.90 Å². The Balaban J connectivity index is 1.46. The Morgan fingerprint density at radius 1 is 1.13 bits per heavy atom. The number of nitrogens with one attached hydrogen (secondary N) is 1. The van der Waals surface area contributed by atoms with E-state index in [1.807, 2.05) is 24.3 Å². The molecule has 8 nitrogen and oxygen atoms in total. The molecule has 1 N–H and O–H groups in total. The summed E-state index contributed by atoms with van der Waals surface area (Å²) in [5, 5.41) is 2.79. The fourth-order valence-corrected chi connectivity index (χ4v) is 3.04. The Hall–Kier alpha value is -3.39. The molecule has 0 aliphatic carbocycles. The maximum absolute atomic E-state index is 12.3. The van der Waals surface area contributed by atoms with Crippen LogP contribution in [0.4, 0.5) is 11.4 Å². The van der Waals surface area contributed by atoms with Gasteiger partial charge >= 0.3 is 0 Å². The van der Waals surface area contributed by atoms with E-state index in [2.05, 4.69) is 10.2 Å². The van der Waals surface area contributed by atoms with E-state index in [1.165, 1.54) is 11.9 Å². The third-order valence-electron chi connectivity index (χ3n) is 4.73. The van der Waals surface area contributed by atoms with Crippen molar-refractivity contribution >= 4 is 29.5 Å². The van der Waals surface area contributed by atoms with E-state index in [-0.39, 0.29) is 25.0 Å². The molecule has 0 radical (unpaired) electrons. The summed E-state index contributed by atoms with van der Waals surface area (Å²) < 4.78 is 10.8. The fourth-order valence-electron chi connectivity index (χ4n) is 3.04. The van der Waals surface area contributed by atoms with E-state index < -0.39 is 0 Å². The lowest BCUT2D eigenvalue weighted by atomic mass is 10.2. The Kier molecular flexibility index (Phi) is 7.40. The lowest BCUT2D eigenvalue weighted by Crippen LogP contribution is -2.37. The fraction of sp³-hybridized carbons (Fsp3) is 0.318. The zero-order valence-electron chi connectivity index (χ0n) is 16.9. The Labute approximate surface area is 175 Å². The lowest BCUT2D eigenvalue weighted by Gasteiger charge is -2.28. The average molecular weight is 411 g/mol. The van der Waals surface area contributed by atoms with Crippen molar-refractivity contribution < 1.29 is 23.9 Å². The van der Waals surface area contributed by atoms with Gasteiger partial charge in [-0.15, -0.1) is 0 Å². The second kappa shape index (κ2) is 10.4. The first-order chi connectivity index (χ1) is 14.6. The van der Waals surface area contributed by atoms with Gasteiger partial charge < -0.3 is 24.6 Å². The summed E-state index contributed by atoms with van der Waals surface area (Å²) in [5.41, 5.74) is 2.11. The molecule has 0 saturated carbocycles. The molecule has 30 heavy (non-hydrogen) atoms. The van der Waals surface area contributed by atoms with E-state index in [0.717, 1.165) is 18.8 Å². The molecule has 158 valence electrons. The smallest absolute Gasteiger partial charge is 0.260 e. The number of ether oxygens (including phenoxy) is 2. The number of hydrogen-bond donors (Lipinski definition) is 1. The maximum atomic E-state index is 12.3. The van der Waals surface area contributed by atoms with Gasteiger partial charge in [-0.05, 0) is 36.4 Å². The van der Waals surface area contributed by atoms with Gasteiger partial charge in [0.2, 0.25) is 5.91 Å². The van der Waals surface area contributed by atoms with Crippen LogP contribution in [0.2, 0.25) is 0 Å². The van der Waals surface area contributed by atoms with Crippen LogP contribution < -0.4 is 15.0 Å². The topological polar surface area (TPSA) is 88.2 Å². The predicted molar refractivity (Wildman–Crippen MR) is 113 cm³/mol. The monoisotopic (exact) mass is 411 g/mol. The SMILES string of the molecule is CN(CC(=O)Nc1ccc(N2CCOCC2)cc1)C(=O)COc1ccccc1C=O. The molecule has 3 rings (SSSR count). The zero-order valence-corrected chi connectivity index (χ0v) is 16.9. The van der Waals surface area contributed by atoms with Gasteiger partial charge in [0.05, 0.1) is 25.3 Å². The first-order valence-electron chi connectivity index (χ1n) is 9.70. The van der Waals surface area contributed by atoms with Crippen LogP contribution in [0.1, 0.15) is 10.4 Å². The first-order valence-corrected chi connectivity index (χ1v) is 9.70. The summed E-state index contributed by atoms with van der Waals surface area (Å²) in [4.78, 5) is 39.0. The second-order valence-electron chi connectivity index (χ2n) is 6.89. The molecule has 1 saturated heterocycles. The minimum Gasteiger partial charge on any atom is -0.483 e. The highest BCUT2D eigenvalue weighted by atomic mass is 16.5. The first kappa shape index (κ1) is 21.3. The number of amides is 2. The van der Waals surface area contributed by atoms with Crippen molar-refractivity contribution in [2.24, 2.45) is 0 Å². The van der Waals surface area contributed by atoms with Gasteiger partial charge in [0, 0.05) is 31.5 Å². The highest BCUT2D eigenvalue weighted by Crippen LogP contribution is 2.19. The quantitative estimate of drug-likeness (QED) is 0.667.